The van der Waals surface area contributed by atoms with Gasteiger partial charge >= 0.3 is 11.9 Å². The highest BCUT2D eigenvalue weighted by Gasteiger charge is 2.13. The van der Waals surface area contributed by atoms with Gasteiger partial charge in [0.1, 0.15) is 19.0 Å². The standard InChI is InChI=1S/C24H22O6/c1-28-22-7-2-4-19(12-22)16-30-24(27)21-6-3-5-20(13-21)23(26)29-15-18-10-8-17(14-25)9-11-18/h2-13,25H,14-16H2,1H3. The fourth-order valence-electron chi connectivity index (χ4n) is 2.74. The van der Waals surface area contributed by atoms with Crippen molar-refractivity contribution >= 4 is 11.9 Å². The Morgan fingerprint density at radius 3 is 1.90 bits per heavy atom. The molecule has 0 fully saturated rings. The largest absolute Gasteiger partial charge is 0.497 e. The minimum atomic E-state index is -0.538. The number of benzene rings is 3. The molecule has 154 valence electrons. The van der Waals surface area contributed by atoms with E-state index in [4.69, 9.17) is 19.3 Å². The highest BCUT2D eigenvalue weighted by Crippen LogP contribution is 2.15. The molecule has 0 aliphatic carbocycles. The molecule has 0 aliphatic heterocycles. The lowest BCUT2D eigenvalue weighted by Crippen LogP contribution is -2.09. The topological polar surface area (TPSA) is 82.1 Å². The average molecular weight is 406 g/mol. The summed E-state index contributed by atoms with van der Waals surface area (Å²) in [6.07, 6.45) is 0. The molecule has 0 amide bonds. The van der Waals surface area contributed by atoms with E-state index in [1.807, 2.05) is 12.1 Å². The lowest BCUT2D eigenvalue weighted by molar-refractivity contribution is 0.0470. The number of esters is 2. The van der Waals surface area contributed by atoms with Crippen molar-refractivity contribution in [3.8, 4) is 5.75 Å². The molecule has 0 saturated heterocycles. The van der Waals surface area contributed by atoms with Crippen LogP contribution < -0.4 is 4.74 Å². The molecular formula is C24H22O6. The van der Waals surface area contributed by atoms with E-state index in [1.54, 1.807) is 61.7 Å². The summed E-state index contributed by atoms with van der Waals surface area (Å²) in [7, 11) is 1.57. The van der Waals surface area contributed by atoms with Gasteiger partial charge in [-0.3, -0.25) is 0 Å². The minimum Gasteiger partial charge on any atom is -0.497 e. The number of rotatable bonds is 8. The Balaban J connectivity index is 1.58. The van der Waals surface area contributed by atoms with Crippen LogP contribution in [-0.2, 0) is 29.3 Å². The molecule has 0 aliphatic rings. The van der Waals surface area contributed by atoms with Gasteiger partial charge in [0.05, 0.1) is 24.8 Å². The van der Waals surface area contributed by atoms with Crippen molar-refractivity contribution in [2.24, 2.45) is 0 Å². The van der Waals surface area contributed by atoms with E-state index in [0.717, 1.165) is 16.7 Å². The molecule has 0 atom stereocenters. The molecule has 0 unspecified atom stereocenters. The van der Waals surface area contributed by atoms with Crippen LogP contribution in [0.5, 0.6) is 5.75 Å². The zero-order chi connectivity index (χ0) is 21.3. The third-order valence-corrected chi connectivity index (χ3v) is 4.41. The van der Waals surface area contributed by atoms with Gasteiger partial charge in [-0.25, -0.2) is 9.59 Å². The van der Waals surface area contributed by atoms with Crippen molar-refractivity contribution in [3.63, 3.8) is 0 Å². The van der Waals surface area contributed by atoms with Crippen molar-refractivity contribution in [2.45, 2.75) is 19.8 Å². The van der Waals surface area contributed by atoms with Gasteiger partial charge in [0.15, 0.2) is 0 Å². The molecule has 0 radical (unpaired) electrons. The van der Waals surface area contributed by atoms with Crippen LogP contribution in [0.4, 0.5) is 0 Å². The Hall–Kier alpha value is -3.64. The highest BCUT2D eigenvalue weighted by atomic mass is 16.5. The average Bonchev–Trinajstić information content (AvgIpc) is 2.81. The lowest BCUT2D eigenvalue weighted by Gasteiger charge is -2.08. The van der Waals surface area contributed by atoms with Crippen LogP contribution in [0.1, 0.15) is 37.4 Å². The molecule has 3 rings (SSSR count). The van der Waals surface area contributed by atoms with Crippen LogP contribution in [0, 0.1) is 0 Å². The maximum Gasteiger partial charge on any atom is 0.338 e. The maximum absolute atomic E-state index is 12.4. The first-order valence-electron chi connectivity index (χ1n) is 9.35. The van der Waals surface area contributed by atoms with Gasteiger partial charge in [0.25, 0.3) is 0 Å². The third kappa shape index (κ3) is 5.68. The molecule has 0 spiro atoms. The Morgan fingerprint density at radius 1 is 0.733 bits per heavy atom. The highest BCUT2D eigenvalue weighted by molar-refractivity contribution is 5.95. The summed E-state index contributed by atoms with van der Waals surface area (Å²) in [5.74, 6) is -0.393. The molecule has 0 aromatic heterocycles. The molecule has 30 heavy (non-hydrogen) atoms. The Morgan fingerprint density at radius 2 is 1.30 bits per heavy atom. The minimum absolute atomic E-state index is 0.0409. The first-order valence-corrected chi connectivity index (χ1v) is 9.35. The van der Waals surface area contributed by atoms with Crippen LogP contribution >= 0.6 is 0 Å². The SMILES string of the molecule is COc1cccc(COC(=O)c2cccc(C(=O)OCc3ccc(CO)cc3)c2)c1. The number of hydrogen-bond donors (Lipinski definition) is 1. The number of hydrogen-bond acceptors (Lipinski definition) is 6. The van der Waals surface area contributed by atoms with Gasteiger partial charge in [0.2, 0.25) is 0 Å². The van der Waals surface area contributed by atoms with Gasteiger partial charge in [-0.1, -0.05) is 42.5 Å². The summed E-state index contributed by atoms with van der Waals surface area (Å²) in [6, 6.07) is 20.6. The quantitative estimate of drug-likeness (QED) is 0.572. The predicted molar refractivity (Wildman–Crippen MR) is 110 cm³/mol. The summed E-state index contributed by atoms with van der Waals surface area (Å²) in [6.45, 7) is 0.143. The van der Waals surface area contributed by atoms with Crippen LogP contribution in [0.15, 0.2) is 72.8 Å². The van der Waals surface area contributed by atoms with Crippen molar-refractivity contribution in [1.82, 2.24) is 0 Å². The first-order chi connectivity index (χ1) is 14.6. The molecular weight excluding hydrogens is 384 g/mol. The molecule has 3 aromatic rings. The van der Waals surface area contributed by atoms with E-state index in [2.05, 4.69) is 0 Å². The first kappa shape index (κ1) is 21.1. The molecule has 6 heteroatoms. The second-order valence-corrected chi connectivity index (χ2v) is 6.56. The number of carbonyl (C=O) groups excluding carboxylic acids is 2. The summed E-state index contributed by atoms with van der Waals surface area (Å²) in [5, 5.41) is 9.06. The van der Waals surface area contributed by atoms with Crippen LogP contribution in [-0.4, -0.2) is 24.2 Å². The smallest absolute Gasteiger partial charge is 0.338 e. The fraction of sp³-hybridized carbons (Fsp3) is 0.167. The van der Waals surface area contributed by atoms with Crippen LogP contribution in [0.2, 0.25) is 0 Å². The number of aliphatic hydroxyl groups excluding tert-OH is 1. The van der Waals surface area contributed by atoms with E-state index in [9.17, 15) is 9.59 Å². The summed E-state index contributed by atoms with van der Waals surface area (Å²) in [5.41, 5.74) is 2.91. The number of methoxy groups -OCH3 is 1. The number of ether oxygens (including phenoxy) is 3. The Labute approximate surface area is 174 Å². The van der Waals surface area contributed by atoms with Crippen LogP contribution in [0.25, 0.3) is 0 Å². The second-order valence-electron chi connectivity index (χ2n) is 6.56. The number of aliphatic hydroxyl groups is 1. The molecule has 3 aromatic carbocycles. The Kier molecular flexibility index (Phi) is 7.19. The summed E-state index contributed by atoms with van der Waals surface area (Å²) >= 11 is 0. The van der Waals surface area contributed by atoms with Crippen molar-refractivity contribution in [2.75, 3.05) is 7.11 Å². The summed E-state index contributed by atoms with van der Waals surface area (Å²) in [4.78, 5) is 24.7. The van der Waals surface area contributed by atoms with Gasteiger partial charge in [0, 0.05) is 0 Å². The third-order valence-electron chi connectivity index (χ3n) is 4.41. The Bertz CT molecular complexity index is 1010. The normalized spacial score (nSPS) is 10.3. The van der Waals surface area contributed by atoms with Gasteiger partial charge in [-0.2, -0.15) is 0 Å². The van der Waals surface area contributed by atoms with E-state index >= 15 is 0 Å². The molecule has 1 N–H and O–H groups in total. The molecule has 0 bridgehead atoms. The van der Waals surface area contributed by atoms with E-state index in [1.165, 1.54) is 6.07 Å². The van der Waals surface area contributed by atoms with Crippen molar-refractivity contribution < 1.29 is 28.9 Å². The molecule has 0 saturated carbocycles. The number of carbonyl (C=O) groups is 2. The second kappa shape index (κ2) is 10.2. The van der Waals surface area contributed by atoms with Gasteiger partial charge in [-0.05, 0) is 47.0 Å². The lowest BCUT2D eigenvalue weighted by atomic mass is 10.1. The van der Waals surface area contributed by atoms with Gasteiger partial charge < -0.3 is 19.3 Å². The van der Waals surface area contributed by atoms with Crippen molar-refractivity contribution in [1.29, 1.82) is 0 Å². The molecule has 6 nitrogen and oxygen atoms in total. The zero-order valence-corrected chi connectivity index (χ0v) is 16.5. The monoisotopic (exact) mass is 406 g/mol. The van der Waals surface area contributed by atoms with E-state index < -0.39 is 11.9 Å². The molecule has 0 heterocycles. The van der Waals surface area contributed by atoms with E-state index in [0.29, 0.717) is 5.75 Å². The predicted octanol–water partition coefficient (Wildman–Crippen LogP) is 3.90. The van der Waals surface area contributed by atoms with Gasteiger partial charge in [-0.15, -0.1) is 0 Å². The van der Waals surface area contributed by atoms with Crippen molar-refractivity contribution in [3.05, 3.63) is 101 Å². The van der Waals surface area contributed by atoms with E-state index in [-0.39, 0.29) is 30.9 Å². The zero-order valence-electron chi connectivity index (χ0n) is 16.5. The fourth-order valence-corrected chi connectivity index (χ4v) is 2.74. The summed E-state index contributed by atoms with van der Waals surface area (Å²) < 4.78 is 15.8. The maximum atomic E-state index is 12.4. The van der Waals surface area contributed by atoms with Crippen LogP contribution in [0.3, 0.4) is 0 Å².